The standard InChI is InChI=1S/C52H71N3O11/c1-6-8-12-25-51(26-13-9-7-2)64-43-41-29-52(49(60)53-30-34-15-14-18-36(27-34)47(58)54-38(32-56)22-24-42(57)63-50(3,4)5)45(48(59)62-41)55(66-46(52)44(43)65-51)31-37-17-11-10-16-35(37)21-19-33-20-23-39-40(28-33)61-39/h10-11,14-19,21,27,33,38-41,43-46,56H,6-9,12-13,20,22-26,28-32H2,1-5H3,(H,53,60)(H,54,58)/t33?,38-,39?,40?,41+,43-,44-,45+,46+,52+/m0/s1. The van der Waals surface area contributed by atoms with Crippen LogP contribution in [0, 0.1) is 11.3 Å². The molecule has 0 aromatic heterocycles. The maximum Gasteiger partial charge on any atom is 0.327 e. The number of hydroxylamine groups is 2. The Kier molecular flexibility index (Phi) is 15.1. The Labute approximate surface area is 389 Å². The highest BCUT2D eigenvalue weighted by molar-refractivity contribution is 5.95. The summed E-state index contributed by atoms with van der Waals surface area (Å²) in [7, 11) is 0. The van der Waals surface area contributed by atoms with Crippen molar-refractivity contribution in [2.24, 2.45) is 11.3 Å². The number of hydrogen-bond donors (Lipinski definition) is 3. The van der Waals surface area contributed by atoms with Crippen molar-refractivity contribution >= 4 is 29.8 Å². The first-order valence-electron chi connectivity index (χ1n) is 24.7. The molecular weight excluding hydrogens is 843 g/mol. The predicted molar refractivity (Wildman–Crippen MR) is 245 cm³/mol. The van der Waals surface area contributed by atoms with Gasteiger partial charge in [-0.15, -0.1) is 0 Å². The van der Waals surface area contributed by atoms with Gasteiger partial charge in [-0.25, -0.2) is 0 Å². The minimum Gasteiger partial charge on any atom is -0.460 e. The molecule has 66 heavy (non-hydrogen) atoms. The summed E-state index contributed by atoms with van der Waals surface area (Å²) in [4.78, 5) is 62.4. The molecule has 360 valence electrons. The van der Waals surface area contributed by atoms with Crippen molar-refractivity contribution in [1.82, 2.24) is 15.7 Å². The number of nitrogens with one attached hydrogen (secondary N) is 2. The smallest absolute Gasteiger partial charge is 0.327 e. The molecule has 2 amide bonds. The lowest BCUT2D eigenvalue weighted by atomic mass is 9.62. The zero-order chi connectivity index (χ0) is 46.6. The van der Waals surface area contributed by atoms with Crippen LogP contribution in [0.3, 0.4) is 0 Å². The first kappa shape index (κ1) is 48.3. The van der Waals surface area contributed by atoms with E-state index in [1.54, 1.807) is 44.0 Å². The molecule has 14 nitrogen and oxygen atoms in total. The molecule has 2 aromatic carbocycles. The van der Waals surface area contributed by atoms with E-state index in [1.807, 2.05) is 24.3 Å². The van der Waals surface area contributed by atoms with Gasteiger partial charge in [0.1, 0.15) is 35.4 Å². The molecule has 3 unspecified atom stereocenters. The molecule has 4 saturated heterocycles. The maximum atomic E-state index is 15.2. The summed E-state index contributed by atoms with van der Waals surface area (Å²) in [6.07, 6.45) is 13.4. The predicted octanol–water partition coefficient (Wildman–Crippen LogP) is 7.24. The van der Waals surface area contributed by atoms with Crippen LogP contribution in [-0.4, -0.2) is 101 Å². The number of carbonyl (C=O) groups is 4. The van der Waals surface area contributed by atoms with Crippen molar-refractivity contribution in [3.63, 3.8) is 0 Å². The summed E-state index contributed by atoms with van der Waals surface area (Å²) in [5.41, 5.74) is 0.928. The van der Waals surface area contributed by atoms with Crippen LogP contribution >= 0.6 is 0 Å². The second-order valence-electron chi connectivity index (χ2n) is 20.4. The van der Waals surface area contributed by atoms with Crippen LogP contribution in [0.25, 0.3) is 6.08 Å². The van der Waals surface area contributed by atoms with E-state index in [1.165, 1.54) is 0 Å². The van der Waals surface area contributed by atoms with E-state index in [4.69, 9.17) is 28.5 Å². The van der Waals surface area contributed by atoms with Gasteiger partial charge in [-0.1, -0.05) is 88.1 Å². The van der Waals surface area contributed by atoms with E-state index in [2.05, 4.69) is 42.7 Å². The van der Waals surface area contributed by atoms with Crippen LogP contribution in [-0.2, 0) is 56.0 Å². The fourth-order valence-corrected chi connectivity index (χ4v) is 10.9. The molecule has 0 spiro atoms. The number of unbranched alkanes of at least 4 members (excludes halogenated alkanes) is 4. The van der Waals surface area contributed by atoms with Crippen LogP contribution in [0.4, 0.5) is 0 Å². The van der Waals surface area contributed by atoms with Crippen molar-refractivity contribution in [2.75, 3.05) is 6.61 Å². The third-order valence-corrected chi connectivity index (χ3v) is 14.3. The summed E-state index contributed by atoms with van der Waals surface area (Å²) in [5.74, 6) is -2.19. The largest absolute Gasteiger partial charge is 0.460 e. The number of esters is 2. The Hall–Kier alpha value is -4.18. The molecular formula is C52H71N3O11. The number of ether oxygens (including phenoxy) is 5. The second-order valence-corrected chi connectivity index (χ2v) is 20.4. The van der Waals surface area contributed by atoms with Gasteiger partial charge in [0.2, 0.25) is 5.91 Å². The highest BCUT2D eigenvalue weighted by atomic mass is 16.8. The highest BCUT2D eigenvalue weighted by Crippen LogP contribution is 2.58. The van der Waals surface area contributed by atoms with Crippen molar-refractivity contribution in [1.29, 1.82) is 0 Å². The number of rotatable bonds is 21. The van der Waals surface area contributed by atoms with E-state index < -0.39 is 71.1 Å². The van der Waals surface area contributed by atoms with E-state index >= 15 is 4.79 Å². The van der Waals surface area contributed by atoms with Gasteiger partial charge in [-0.2, -0.15) is 5.06 Å². The van der Waals surface area contributed by atoms with Crippen LogP contribution in [0.15, 0.2) is 54.6 Å². The molecule has 2 bridgehead atoms. The topological polar surface area (TPSA) is 174 Å². The van der Waals surface area contributed by atoms with Gasteiger partial charge in [0.05, 0.1) is 31.4 Å². The maximum absolute atomic E-state index is 15.2. The summed E-state index contributed by atoms with van der Waals surface area (Å²) >= 11 is 0. The van der Waals surface area contributed by atoms with Gasteiger partial charge < -0.3 is 39.4 Å². The quantitative estimate of drug-likeness (QED) is 0.0652. The monoisotopic (exact) mass is 914 g/mol. The van der Waals surface area contributed by atoms with Crippen LogP contribution < -0.4 is 10.6 Å². The van der Waals surface area contributed by atoms with Gasteiger partial charge in [0.15, 0.2) is 11.8 Å². The normalized spacial score (nSPS) is 30.0. The van der Waals surface area contributed by atoms with E-state index in [0.717, 1.165) is 68.9 Å². The molecule has 4 aliphatic heterocycles. The zero-order valence-corrected chi connectivity index (χ0v) is 39.5. The molecule has 4 heterocycles. The summed E-state index contributed by atoms with van der Waals surface area (Å²) < 4.78 is 31.5. The van der Waals surface area contributed by atoms with Gasteiger partial charge in [-0.05, 0) is 94.0 Å². The van der Waals surface area contributed by atoms with Crippen molar-refractivity contribution in [3.8, 4) is 0 Å². The second kappa shape index (κ2) is 20.6. The molecule has 2 saturated carbocycles. The van der Waals surface area contributed by atoms with Crippen molar-refractivity contribution < 1.29 is 52.8 Å². The van der Waals surface area contributed by atoms with Gasteiger partial charge in [0, 0.05) is 37.8 Å². The highest BCUT2D eigenvalue weighted by Gasteiger charge is 2.76. The lowest BCUT2D eigenvalue weighted by Gasteiger charge is -2.48. The average molecular weight is 914 g/mol. The Morgan fingerprint density at radius 3 is 2.44 bits per heavy atom. The number of carbonyl (C=O) groups excluding carboxylic acids is 4. The minimum absolute atomic E-state index is 0.0342. The number of epoxide rings is 1. The number of aliphatic hydroxyl groups is 1. The third kappa shape index (κ3) is 10.7. The number of amides is 2. The third-order valence-electron chi connectivity index (χ3n) is 14.3. The lowest BCUT2D eigenvalue weighted by molar-refractivity contribution is -0.224. The summed E-state index contributed by atoms with van der Waals surface area (Å²) in [6.45, 7) is 9.63. The van der Waals surface area contributed by atoms with E-state index in [-0.39, 0.29) is 44.9 Å². The first-order chi connectivity index (χ1) is 31.7. The number of aliphatic hydroxyl groups excluding tert-OH is 1. The van der Waals surface area contributed by atoms with Crippen molar-refractivity contribution in [3.05, 3.63) is 76.9 Å². The molecule has 2 aromatic rings. The molecule has 0 radical (unpaired) electrons. The molecule has 6 aliphatic rings. The number of fused-ring (bicyclic) bond motifs is 5. The van der Waals surface area contributed by atoms with Crippen LogP contribution in [0.5, 0.6) is 0 Å². The SMILES string of the molecule is CCCCCC1(CCCCC)O[C@@H]2[C@H](O1)[C@H]1ON(Cc3ccccc3C=CC3CCC4OC4C3)[C@@H]3C(=O)O[C@@H]2C[C@]13C(=O)NCc1cccc(C(=O)N[C@H](CO)CCC(=O)OC(C)(C)C)c1. The van der Waals surface area contributed by atoms with Gasteiger partial charge in [-0.3, -0.25) is 24.0 Å². The number of benzene rings is 2. The minimum atomic E-state index is -1.38. The van der Waals surface area contributed by atoms with E-state index in [0.29, 0.717) is 42.1 Å². The Morgan fingerprint density at radius 1 is 0.955 bits per heavy atom. The Bertz CT molecular complexity index is 2080. The van der Waals surface area contributed by atoms with Crippen molar-refractivity contribution in [2.45, 2.75) is 198 Å². The lowest BCUT2D eigenvalue weighted by Crippen LogP contribution is -2.69. The molecule has 14 heteroatoms. The van der Waals surface area contributed by atoms with E-state index in [9.17, 15) is 19.5 Å². The Morgan fingerprint density at radius 2 is 1.71 bits per heavy atom. The molecule has 8 rings (SSSR count). The first-order valence-corrected chi connectivity index (χ1v) is 24.7. The average Bonchev–Trinajstić information content (AvgIpc) is 3.84. The number of nitrogens with zero attached hydrogens (tertiary/aromatic N) is 1. The van der Waals surface area contributed by atoms with Gasteiger partial charge >= 0.3 is 11.9 Å². The van der Waals surface area contributed by atoms with Crippen LogP contribution in [0.2, 0.25) is 0 Å². The van der Waals surface area contributed by atoms with Crippen LogP contribution in [0.1, 0.15) is 152 Å². The molecule has 6 fully saturated rings. The number of hydrogen-bond acceptors (Lipinski definition) is 12. The fourth-order valence-electron chi connectivity index (χ4n) is 10.9. The summed E-state index contributed by atoms with van der Waals surface area (Å²) in [5, 5.41) is 17.7. The molecule has 10 atom stereocenters. The Balaban J connectivity index is 1.03. The zero-order valence-electron chi connectivity index (χ0n) is 39.5. The fraction of sp³-hybridized carbons (Fsp3) is 0.654. The summed E-state index contributed by atoms with van der Waals surface area (Å²) in [6, 6.07) is 13.2. The number of allylic oxidation sites excluding steroid dienone is 1. The molecule has 2 aliphatic carbocycles. The molecule has 3 N–H and O–H groups in total. The van der Waals surface area contributed by atoms with Gasteiger partial charge in [0.25, 0.3) is 5.91 Å².